The number of halogens is 4. The van der Waals surface area contributed by atoms with Crippen LogP contribution in [-0.4, -0.2) is 21.0 Å². The average molecular weight is 359 g/mol. The summed E-state index contributed by atoms with van der Waals surface area (Å²) in [7, 11) is -4.01. The molecule has 126 valence electrons. The van der Waals surface area contributed by atoms with Crippen LogP contribution in [0.3, 0.4) is 0 Å². The number of sulfonamides is 1. The van der Waals surface area contributed by atoms with E-state index in [1.165, 1.54) is 13.0 Å². The Hall–Kier alpha value is -0.830. The van der Waals surface area contributed by atoms with Gasteiger partial charge in [0.05, 0.1) is 10.5 Å². The van der Waals surface area contributed by atoms with E-state index in [1.54, 1.807) is 0 Å². The fraction of sp³-hybridized carbons (Fsp3) is 0.538. The number of hydrogen-bond donors (Lipinski definition) is 2. The molecule has 1 unspecified atom stereocenters. The van der Waals surface area contributed by atoms with Crippen molar-refractivity contribution in [2.75, 3.05) is 6.54 Å². The first-order chi connectivity index (χ1) is 9.65. The molecular formula is C13H18ClF3N2O2S. The molecule has 0 bridgehead atoms. The van der Waals surface area contributed by atoms with Crippen LogP contribution < -0.4 is 10.5 Å². The first-order valence-electron chi connectivity index (χ1n) is 6.55. The number of rotatable bonds is 5. The molecule has 3 N–H and O–H groups in total. The third kappa shape index (κ3) is 4.34. The second kappa shape index (κ2) is 6.74. The van der Waals surface area contributed by atoms with Crippen molar-refractivity contribution < 1.29 is 21.6 Å². The molecule has 0 aromatic heterocycles. The van der Waals surface area contributed by atoms with Gasteiger partial charge in [0.15, 0.2) is 0 Å². The van der Waals surface area contributed by atoms with Crippen molar-refractivity contribution in [2.24, 2.45) is 11.7 Å². The van der Waals surface area contributed by atoms with Gasteiger partial charge >= 0.3 is 6.18 Å². The molecule has 22 heavy (non-hydrogen) atoms. The van der Waals surface area contributed by atoms with Gasteiger partial charge in [-0.3, -0.25) is 0 Å². The van der Waals surface area contributed by atoms with E-state index in [-0.39, 0.29) is 35.3 Å². The summed E-state index contributed by atoms with van der Waals surface area (Å²) in [4.78, 5) is -0.389. The van der Waals surface area contributed by atoms with E-state index in [0.717, 1.165) is 18.9 Å². The summed E-state index contributed by atoms with van der Waals surface area (Å²) >= 11 is 0. The molecule has 1 fully saturated rings. The molecule has 9 heteroatoms. The monoisotopic (exact) mass is 358 g/mol. The minimum absolute atomic E-state index is 0. The van der Waals surface area contributed by atoms with Crippen LogP contribution in [0.2, 0.25) is 0 Å². The van der Waals surface area contributed by atoms with Gasteiger partial charge in [-0.15, -0.1) is 12.4 Å². The van der Waals surface area contributed by atoms with Gasteiger partial charge < -0.3 is 5.73 Å². The average Bonchev–Trinajstić information content (AvgIpc) is 3.19. The Morgan fingerprint density at radius 1 is 1.36 bits per heavy atom. The van der Waals surface area contributed by atoms with E-state index >= 15 is 0 Å². The van der Waals surface area contributed by atoms with Gasteiger partial charge in [0.25, 0.3) is 0 Å². The zero-order valence-corrected chi connectivity index (χ0v) is 13.5. The molecule has 1 aromatic carbocycles. The predicted molar refractivity (Wildman–Crippen MR) is 79.3 cm³/mol. The lowest BCUT2D eigenvalue weighted by Gasteiger charge is -2.17. The number of alkyl halides is 3. The molecule has 0 spiro atoms. The summed E-state index contributed by atoms with van der Waals surface area (Å²) in [5.74, 6) is 0.178. The van der Waals surface area contributed by atoms with E-state index in [2.05, 4.69) is 4.72 Å². The summed E-state index contributed by atoms with van der Waals surface area (Å²) in [5.41, 5.74) is 4.56. The summed E-state index contributed by atoms with van der Waals surface area (Å²) in [5, 5.41) is 0. The Bertz CT molecular complexity index is 631. The molecule has 1 aromatic rings. The van der Waals surface area contributed by atoms with Gasteiger partial charge in [-0.25, -0.2) is 13.1 Å². The molecule has 4 nitrogen and oxygen atoms in total. The van der Waals surface area contributed by atoms with Crippen LogP contribution in [0.5, 0.6) is 0 Å². The summed E-state index contributed by atoms with van der Waals surface area (Å²) < 4.78 is 65.3. The topological polar surface area (TPSA) is 72.2 Å². The molecule has 0 saturated heterocycles. The third-order valence-corrected chi connectivity index (χ3v) is 5.06. The van der Waals surface area contributed by atoms with Crippen molar-refractivity contribution in [3.63, 3.8) is 0 Å². The summed E-state index contributed by atoms with van der Waals surface area (Å²) in [6.07, 6.45) is -2.82. The molecule has 0 radical (unpaired) electrons. The van der Waals surface area contributed by atoms with Gasteiger partial charge in [-0.1, -0.05) is 6.07 Å². The summed E-state index contributed by atoms with van der Waals surface area (Å²) in [6, 6.07) is 2.57. The molecular weight excluding hydrogens is 341 g/mol. The van der Waals surface area contributed by atoms with Gasteiger partial charge in [-0.2, -0.15) is 13.2 Å². The Morgan fingerprint density at radius 2 is 1.95 bits per heavy atom. The fourth-order valence-corrected chi connectivity index (χ4v) is 3.52. The number of hydrogen-bond acceptors (Lipinski definition) is 3. The minimum atomic E-state index is -4.58. The van der Waals surface area contributed by atoms with Gasteiger partial charge in [0, 0.05) is 12.6 Å². The van der Waals surface area contributed by atoms with Crippen LogP contribution in [0.15, 0.2) is 23.1 Å². The number of nitrogens with one attached hydrogen (secondary N) is 1. The quantitative estimate of drug-likeness (QED) is 0.849. The second-order valence-corrected chi connectivity index (χ2v) is 6.99. The van der Waals surface area contributed by atoms with E-state index in [0.29, 0.717) is 6.07 Å². The van der Waals surface area contributed by atoms with Crippen molar-refractivity contribution in [2.45, 2.75) is 36.9 Å². The van der Waals surface area contributed by atoms with E-state index in [4.69, 9.17) is 5.73 Å². The first kappa shape index (κ1) is 19.2. The lowest BCUT2D eigenvalue weighted by atomic mass is 10.1. The highest BCUT2D eigenvalue weighted by molar-refractivity contribution is 7.89. The van der Waals surface area contributed by atoms with Crippen LogP contribution in [0.25, 0.3) is 0 Å². The molecule has 1 atom stereocenters. The van der Waals surface area contributed by atoms with Gasteiger partial charge in [-0.05, 0) is 43.4 Å². The van der Waals surface area contributed by atoms with E-state index < -0.39 is 27.8 Å². The van der Waals surface area contributed by atoms with Crippen LogP contribution in [0, 0.1) is 12.8 Å². The highest BCUT2D eigenvalue weighted by Gasteiger charge is 2.36. The van der Waals surface area contributed by atoms with Crippen LogP contribution in [0.4, 0.5) is 13.2 Å². The van der Waals surface area contributed by atoms with Crippen LogP contribution in [0.1, 0.15) is 24.0 Å². The van der Waals surface area contributed by atoms with Crippen LogP contribution in [-0.2, 0) is 16.2 Å². The Balaban J connectivity index is 0.00000242. The highest BCUT2D eigenvalue weighted by atomic mass is 35.5. The Kier molecular flexibility index (Phi) is 5.88. The standard InChI is InChI=1S/C13H17F3N2O2S.ClH/c1-8-2-5-10(6-11(8)13(14,15)16)21(19,20)18-12(7-17)9-3-4-9;/h2,5-6,9,12,18H,3-4,7,17H2,1H3;1H. The molecule has 1 aliphatic carbocycles. The molecule has 1 aliphatic rings. The highest BCUT2D eigenvalue weighted by Crippen LogP contribution is 2.35. The maximum atomic E-state index is 12.8. The van der Waals surface area contributed by atoms with Gasteiger partial charge in [0.1, 0.15) is 0 Å². The molecule has 0 aliphatic heterocycles. The van der Waals surface area contributed by atoms with E-state index in [1.807, 2.05) is 0 Å². The maximum absolute atomic E-state index is 12.8. The van der Waals surface area contributed by atoms with Crippen molar-refractivity contribution >= 4 is 22.4 Å². The number of nitrogens with two attached hydrogens (primary N) is 1. The first-order valence-corrected chi connectivity index (χ1v) is 8.03. The largest absolute Gasteiger partial charge is 0.416 e. The van der Waals surface area contributed by atoms with Crippen molar-refractivity contribution in [1.82, 2.24) is 4.72 Å². The smallest absolute Gasteiger partial charge is 0.329 e. The maximum Gasteiger partial charge on any atom is 0.416 e. The number of benzene rings is 1. The van der Waals surface area contributed by atoms with E-state index in [9.17, 15) is 21.6 Å². The van der Waals surface area contributed by atoms with Crippen molar-refractivity contribution in [3.8, 4) is 0 Å². The minimum Gasteiger partial charge on any atom is -0.329 e. The van der Waals surface area contributed by atoms with Gasteiger partial charge in [0.2, 0.25) is 10.0 Å². The lowest BCUT2D eigenvalue weighted by Crippen LogP contribution is -2.41. The van der Waals surface area contributed by atoms with Crippen molar-refractivity contribution in [3.05, 3.63) is 29.3 Å². The molecule has 0 amide bonds. The third-order valence-electron chi connectivity index (χ3n) is 3.58. The molecule has 0 heterocycles. The fourth-order valence-electron chi connectivity index (χ4n) is 2.18. The van der Waals surface area contributed by atoms with Crippen LogP contribution >= 0.6 is 12.4 Å². The molecule has 1 saturated carbocycles. The summed E-state index contributed by atoms with van der Waals surface area (Å²) in [6.45, 7) is 1.42. The SMILES string of the molecule is Cc1ccc(S(=O)(=O)NC(CN)C2CC2)cc1C(F)(F)F.Cl. The number of aryl methyl sites for hydroxylation is 1. The normalized spacial score (nSPS) is 17.0. The van der Waals surface area contributed by atoms with Crippen molar-refractivity contribution in [1.29, 1.82) is 0 Å². The Labute approximate surface area is 133 Å². The zero-order chi connectivity index (χ0) is 15.8. The molecule has 2 rings (SSSR count). The predicted octanol–water partition coefficient (Wildman–Crippen LogP) is 2.45. The Morgan fingerprint density at radius 3 is 2.41 bits per heavy atom. The lowest BCUT2D eigenvalue weighted by molar-refractivity contribution is -0.138. The zero-order valence-electron chi connectivity index (χ0n) is 11.9. The second-order valence-electron chi connectivity index (χ2n) is 5.28.